The maximum atomic E-state index is 13.4. The molecule has 0 amide bonds. The van der Waals surface area contributed by atoms with Gasteiger partial charge in [0.15, 0.2) is 11.6 Å². The zero-order valence-corrected chi connectivity index (χ0v) is 9.92. The number of halogens is 3. The summed E-state index contributed by atoms with van der Waals surface area (Å²) in [6.45, 7) is 0.141. The Kier molecular flexibility index (Phi) is 3.74. The molecular formula is C12H9ClF2N2O. The lowest BCUT2D eigenvalue weighted by atomic mass is 10.3. The first-order valence-electron chi connectivity index (χ1n) is 5.08. The van der Waals surface area contributed by atoms with Gasteiger partial charge in [-0.25, -0.2) is 13.8 Å². The van der Waals surface area contributed by atoms with E-state index < -0.39 is 11.6 Å². The highest BCUT2D eigenvalue weighted by Gasteiger charge is 2.08. The van der Waals surface area contributed by atoms with Crippen molar-refractivity contribution < 1.29 is 13.5 Å². The second-order valence-electron chi connectivity index (χ2n) is 3.46. The van der Waals surface area contributed by atoms with Crippen LogP contribution in [0.4, 0.5) is 8.78 Å². The van der Waals surface area contributed by atoms with Gasteiger partial charge in [-0.3, -0.25) is 0 Å². The molecule has 18 heavy (non-hydrogen) atoms. The van der Waals surface area contributed by atoms with Crippen LogP contribution in [-0.4, -0.2) is 4.98 Å². The van der Waals surface area contributed by atoms with E-state index in [1.165, 1.54) is 12.1 Å². The number of benzene rings is 1. The van der Waals surface area contributed by atoms with Crippen LogP contribution >= 0.6 is 11.6 Å². The van der Waals surface area contributed by atoms with Gasteiger partial charge in [0.05, 0.1) is 10.7 Å². The topological polar surface area (TPSA) is 48.1 Å². The summed E-state index contributed by atoms with van der Waals surface area (Å²) in [5.74, 6) is -1.45. The zero-order chi connectivity index (χ0) is 13.1. The van der Waals surface area contributed by atoms with Crippen LogP contribution in [0.25, 0.3) is 0 Å². The molecule has 0 radical (unpaired) electrons. The highest BCUT2D eigenvalue weighted by atomic mass is 35.5. The molecule has 0 saturated heterocycles. The van der Waals surface area contributed by atoms with Gasteiger partial charge in [0.1, 0.15) is 5.82 Å². The van der Waals surface area contributed by atoms with E-state index in [0.717, 1.165) is 12.1 Å². The second kappa shape index (κ2) is 5.29. The van der Waals surface area contributed by atoms with Crippen LogP contribution in [0.2, 0.25) is 5.02 Å². The number of nitrogens with zero attached hydrogens (tertiary/aromatic N) is 1. The second-order valence-corrected chi connectivity index (χ2v) is 3.87. The Bertz CT molecular complexity index is 578. The Morgan fingerprint density at radius 1 is 1.22 bits per heavy atom. The van der Waals surface area contributed by atoms with Crippen molar-refractivity contribution in [2.24, 2.45) is 5.73 Å². The fraction of sp³-hybridized carbons (Fsp3) is 0.0833. The van der Waals surface area contributed by atoms with Crippen LogP contribution in [0.15, 0.2) is 30.3 Å². The summed E-state index contributed by atoms with van der Waals surface area (Å²) in [4.78, 5) is 4.01. The third-order valence-corrected chi connectivity index (χ3v) is 2.54. The van der Waals surface area contributed by atoms with Crippen molar-refractivity contribution in [3.05, 3.63) is 52.7 Å². The van der Waals surface area contributed by atoms with E-state index in [-0.39, 0.29) is 18.2 Å². The molecule has 0 atom stereocenters. The highest BCUT2D eigenvalue weighted by Crippen LogP contribution is 2.25. The van der Waals surface area contributed by atoms with Crippen molar-refractivity contribution in [1.29, 1.82) is 0 Å². The molecule has 3 nitrogen and oxygen atoms in total. The highest BCUT2D eigenvalue weighted by molar-refractivity contribution is 6.31. The molecule has 1 aromatic heterocycles. The first-order valence-corrected chi connectivity index (χ1v) is 5.46. The van der Waals surface area contributed by atoms with E-state index in [4.69, 9.17) is 22.1 Å². The van der Waals surface area contributed by atoms with E-state index in [9.17, 15) is 8.78 Å². The quantitative estimate of drug-likeness (QED) is 0.931. The van der Waals surface area contributed by atoms with E-state index in [2.05, 4.69) is 4.98 Å². The first-order chi connectivity index (χ1) is 8.60. The van der Waals surface area contributed by atoms with Gasteiger partial charge < -0.3 is 10.5 Å². The first kappa shape index (κ1) is 12.7. The standard InChI is InChI=1S/C12H9ClF2N2O/c13-8-2-4-12(17-10(8)6-16)18-11-3-1-7(14)5-9(11)15/h1-5H,6,16H2. The molecule has 0 saturated carbocycles. The summed E-state index contributed by atoms with van der Waals surface area (Å²) in [5, 5.41) is 0.407. The van der Waals surface area contributed by atoms with Gasteiger partial charge in [0.2, 0.25) is 5.88 Å². The van der Waals surface area contributed by atoms with Crippen molar-refractivity contribution in [3.8, 4) is 11.6 Å². The molecule has 0 spiro atoms. The summed E-state index contributed by atoms with van der Waals surface area (Å²) < 4.78 is 31.3. The Morgan fingerprint density at radius 3 is 2.67 bits per heavy atom. The smallest absolute Gasteiger partial charge is 0.219 e. The van der Waals surface area contributed by atoms with Crippen molar-refractivity contribution in [1.82, 2.24) is 4.98 Å². The maximum absolute atomic E-state index is 13.4. The number of hydrogen-bond acceptors (Lipinski definition) is 3. The SMILES string of the molecule is NCc1nc(Oc2ccc(F)cc2F)ccc1Cl. The fourth-order valence-electron chi connectivity index (χ4n) is 1.33. The molecule has 0 bridgehead atoms. The molecule has 1 heterocycles. The number of nitrogens with two attached hydrogens (primary N) is 1. The molecule has 94 valence electrons. The molecule has 2 rings (SSSR count). The minimum atomic E-state index is -0.805. The Balaban J connectivity index is 2.28. The Hall–Kier alpha value is -1.72. The van der Waals surface area contributed by atoms with Gasteiger partial charge in [-0.15, -0.1) is 0 Å². The van der Waals surface area contributed by atoms with E-state index >= 15 is 0 Å². The summed E-state index contributed by atoms with van der Waals surface area (Å²) >= 11 is 5.83. The van der Waals surface area contributed by atoms with Gasteiger partial charge in [0.25, 0.3) is 0 Å². The van der Waals surface area contributed by atoms with Crippen LogP contribution in [0, 0.1) is 11.6 Å². The molecule has 1 aromatic carbocycles. The van der Waals surface area contributed by atoms with E-state index in [0.29, 0.717) is 10.7 Å². The predicted molar refractivity (Wildman–Crippen MR) is 63.6 cm³/mol. The lowest BCUT2D eigenvalue weighted by Gasteiger charge is -2.07. The minimum Gasteiger partial charge on any atom is -0.436 e. The van der Waals surface area contributed by atoms with Crippen molar-refractivity contribution in [2.75, 3.05) is 0 Å². The maximum Gasteiger partial charge on any atom is 0.219 e. The third-order valence-electron chi connectivity index (χ3n) is 2.19. The average Bonchev–Trinajstić information content (AvgIpc) is 2.35. The largest absolute Gasteiger partial charge is 0.436 e. The molecular weight excluding hydrogens is 262 g/mol. The summed E-state index contributed by atoms with van der Waals surface area (Å²) in [6, 6.07) is 6.04. The van der Waals surface area contributed by atoms with Crippen LogP contribution in [0.1, 0.15) is 5.69 Å². The molecule has 0 unspecified atom stereocenters. The van der Waals surface area contributed by atoms with Crippen LogP contribution < -0.4 is 10.5 Å². The van der Waals surface area contributed by atoms with Crippen molar-refractivity contribution in [3.63, 3.8) is 0 Å². The summed E-state index contributed by atoms with van der Waals surface area (Å²) in [5.41, 5.74) is 5.88. The lowest BCUT2D eigenvalue weighted by Crippen LogP contribution is -2.02. The van der Waals surface area contributed by atoms with Crippen molar-refractivity contribution >= 4 is 11.6 Å². The van der Waals surface area contributed by atoms with Gasteiger partial charge >= 0.3 is 0 Å². The van der Waals surface area contributed by atoms with Crippen LogP contribution in [0.5, 0.6) is 11.6 Å². The number of ether oxygens (including phenoxy) is 1. The third kappa shape index (κ3) is 2.75. The number of pyridine rings is 1. The Morgan fingerprint density at radius 2 is 2.00 bits per heavy atom. The summed E-state index contributed by atoms with van der Waals surface area (Å²) in [7, 11) is 0. The van der Waals surface area contributed by atoms with Crippen molar-refractivity contribution in [2.45, 2.75) is 6.54 Å². The molecule has 6 heteroatoms. The minimum absolute atomic E-state index is 0.116. The molecule has 0 fully saturated rings. The fourth-order valence-corrected chi connectivity index (χ4v) is 1.52. The van der Waals surface area contributed by atoms with Gasteiger partial charge in [-0.1, -0.05) is 11.6 Å². The molecule has 2 N–H and O–H groups in total. The molecule has 0 aliphatic rings. The lowest BCUT2D eigenvalue weighted by molar-refractivity contribution is 0.422. The van der Waals surface area contributed by atoms with Crippen LogP contribution in [-0.2, 0) is 6.54 Å². The number of hydrogen-bond donors (Lipinski definition) is 1. The summed E-state index contributed by atoms with van der Waals surface area (Å²) in [6.07, 6.45) is 0. The predicted octanol–water partition coefficient (Wildman–Crippen LogP) is 3.26. The monoisotopic (exact) mass is 270 g/mol. The average molecular weight is 271 g/mol. The van der Waals surface area contributed by atoms with Gasteiger partial charge in [-0.05, 0) is 18.2 Å². The molecule has 0 aliphatic carbocycles. The molecule has 0 aliphatic heterocycles. The van der Waals surface area contributed by atoms with Gasteiger partial charge in [-0.2, -0.15) is 0 Å². The number of aromatic nitrogens is 1. The zero-order valence-electron chi connectivity index (χ0n) is 9.16. The molecule has 2 aromatic rings. The van der Waals surface area contributed by atoms with Gasteiger partial charge in [0, 0.05) is 18.7 Å². The number of rotatable bonds is 3. The van der Waals surface area contributed by atoms with E-state index in [1.54, 1.807) is 6.07 Å². The Labute approximate surface area is 107 Å². The van der Waals surface area contributed by atoms with Crippen LogP contribution in [0.3, 0.4) is 0 Å². The van der Waals surface area contributed by atoms with E-state index in [1.807, 2.05) is 0 Å². The normalized spacial score (nSPS) is 10.4.